The van der Waals surface area contributed by atoms with Gasteiger partial charge in [0.1, 0.15) is 5.69 Å². The van der Waals surface area contributed by atoms with Crippen LogP contribution in [0.5, 0.6) is 0 Å². The first-order chi connectivity index (χ1) is 14.8. The van der Waals surface area contributed by atoms with Crippen LogP contribution in [0.1, 0.15) is 29.7 Å². The van der Waals surface area contributed by atoms with Crippen molar-refractivity contribution in [2.75, 3.05) is 18.9 Å². The average molecular weight is 431 g/mol. The molecular formula is C22H24F3N5O. The van der Waals surface area contributed by atoms with E-state index in [0.29, 0.717) is 23.4 Å². The Morgan fingerprint density at radius 1 is 1.19 bits per heavy atom. The lowest BCUT2D eigenvalue weighted by Gasteiger charge is -2.28. The van der Waals surface area contributed by atoms with E-state index in [1.54, 1.807) is 37.6 Å². The van der Waals surface area contributed by atoms with Crippen LogP contribution in [-0.4, -0.2) is 39.1 Å². The Morgan fingerprint density at radius 3 is 2.61 bits per heavy atom. The summed E-state index contributed by atoms with van der Waals surface area (Å²) in [6.07, 6.45) is 0.531. The van der Waals surface area contributed by atoms with Crippen LogP contribution in [0.4, 0.5) is 19.1 Å². The second-order valence-electron chi connectivity index (χ2n) is 7.95. The summed E-state index contributed by atoms with van der Waals surface area (Å²) < 4.78 is 42.8. The molecule has 0 spiro atoms. The van der Waals surface area contributed by atoms with E-state index >= 15 is 0 Å². The van der Waals surface area contributed by atoms with Crippen molar-refractivity contribution in [1.82, 2.24) is 19.4 Å². The van der Waals surface area contributed by atoms with Gasteiger partial charge in [-0.1, -0.05) is 11.6 Å². The summed E-state index contributed by atoms with van der Waals surface area (Å²) in [5, 5.41) is 3.18. The summed E-state index contributed by atoms with van der Waals surface area (Å²) in [5.41, 5.74) is 0.555. The molecule has 2 aromatic heterocycles. The van der Waals surface area contributed by atoms with Crippen LogP contribution in [0.2, 0.25) is 0 Å². The number of anilines is 1. The number of hydrogen-bond donors (Lipinski definition) is 1. The molecule has 0 bridgehead atoms. The van der Waals surface area contributed by atoms with Gasteiger partial charge in [0.2, 0.25) is 5.95 Å². The number of rotatable bonds is 5. The fourth-order valence-electron chi connectivity index (χ4n) is 4.24. The van der Waals surface area contributed by atoms with Gasteiger partial charge in [0.15, 0.2) is 5.43 Å². The predicted molar refractivity (Wildman–Crippen MR) is 113 cm³/mol. The monoisotopic (exact) mass is 431 g/mol. The molecule has 6 nitrogen and oxygen atoms in total. The van der Waals surface area contributed by atoms with Gasteiger partial charge in [-0.2, -0.15) is 13.2 Å². The molecule has 1 aliphatic rings. The third kappa shape index (κ3) is 4.41. The molecule has 4 rings (SSSR count). The molecule has 1 atom stereocenters. The first-order valence-corrected chi connectivity index (χ1v) is 10.2. The largest absolute Gasteiger partial charge is 0.431 e. The van der Waals surface area contributed by atoms with Crippen LogP contribution in [0.15, 0.2) is 41.5 Å². The molecular weight excluding hydrogens is 407 g/mol. The lowest BCUT2D eigenvalue weighted by atomic mass is 10.1. The molecule has 0 radical (unpaired) electrons. The third-order valence-electron chi connectivity index (χ3n) is 5.76. The van der Waals surface area contributed by atoms with Gasteiger partial charge in [0.05, 0.1) is 5.52 Å². The van der Waals surface area contributed by atoms with Crippen molar-refractivity contribution >= 4 is 16.9 Å². The Kier molecular flexibility index (Phi) is 5.70. The molecule has 9 heteroatoms. The fraction of sp³-hybridized carbons (Fsp3) is 0.409. The molecule has 1 fully saturated rings. The van der Waals surface area contributed by atoms with Crippen LogP contribution in [-0.2, 0) is 19.3 Å². The molecule has 0 aliphatic carbocycles. The van der Waals surface area contributed by atoms with Gasteiger partial charge in [-0.15, -0.1) is 0 Å². The maximum atomic E-state index is 13.8. The van der Waals surface area contributed by atoms with Crippen molar-refractivity contribution in [2.45, 2.75) is 45.1 Å². The zero-order valence-electron chi connectivity index (χ0n) is 17.4. The number of nitrogens with one attached hydrogen (secondary N) is 1. The number of likely N-dealkylation sites (tertiary alicyclic amines) is 1. The van der Waals surface area contributed by atoms with Crippen LogP contribution in [0.3, 0.4) is 0 Å². The van der Waals surface area contributed by atoms with Gasteiger partial charge in [0.25, 0.3) is 0 Å². The number of fused-ring (bicyclic) bond motifs is 1. The molecule has 3 aromatic rings. The summed E-state index contributed by atoms with van der Waals surface area (Å²) in [4.78, 5) is 23.0. The van der Waals surface area contributed by atoms with E-state index in [0.717, 1.165) is 36.6 Å². The van der Waals surface area contributed by atoms with Crippen molar-refractivity contribution in [1.29, 1.82) is 0 Å². The molecule has 0 amide bonds. The molecule has 1 aromatic carbocycles. The summed E-state index contributed by atoms with van der Waals surface area (Å²) in [6, 6.07) is 5.65. The zero-order chi connectivity index (χ0) is 22.2. The van der Waals surface area contributed by atoms with Crippen molar-refractivity contribution in [3.8, 4) is 0 Å². The summed E-state index contributed by atoms with van der Waals surface area (Å²) in [6.45, 7) is 3.33. The van der Waals surface area contributed by atoms with Gasteiger partial charge >= 0.3 is 6.18 Å². The molecule has 164 valence electrons. The molecule has 1 saturated heterocycles. The van der Waals surface area contributed by atoms with E-state index in [9.17, 15) is 18.0 Å². The lowest BCUT2D eigenvalue weighted by Crippen LogP contribution is -2.35. The SMILES string of the molecule is CNc1ncc(CN2CCC[C@@H]2Cn2c(C(F)(F)F)cc(=O)c3cc(C)ccc32)cn1. The second kappa shape index (κ2) is 8.30. The number of nitrogens with zero attached hydrogens (tertiary/aromatic N) is 4. The standard InChI is InChI=1S/C22H24F3N5O/c1-14-5-6-18-17(8-14)19(31)9-20(22(23,24)25)30(18)13-16-4-3-7-29(16)12-15-10-27-21(26-2)28-11-15/h5-6,8-11,16H,3-4,7,12-13H2,1-2H3,(H,26,27,28)/t16-/m1/s1. The Hall–Kier alpha value is -2.94. The first kappa shape index (κ1) is 21.3. The van der Waals surface area contributed by atoms with Gasteiger partial charge in [-0.3, -0.25) is 9.69 Å². The van der Waals surface area contributed by atoms with Crippen molar-refractivity contribution in [2.24, 2.45) is 0 Å². The first-order valence-electron chi connectivity index (χ1n) is 10.2. The van der Waals surface area contributed by atoms with E-state index < -0.39 is 17.3 Å². The molecule has 0 saturated carbocycles. The minimum absolute atomic E-state index is 0.0860. The van der Waals surface area contributed by atoms with Gasteiger partial charge in [-0.05, 0) is 38.4 Å². The maximum Gasteiger partial charge on any atom is 0.431 e. The smallest absolute Gasteiger partial charge is 0.357 e. The Bertz CT molecular complexity index is 1140. The highest BCUT2D eigenvalue weighted by Crippen LogP contribution is 2.32. The molecule has 0 unspecified atom stereocenters. The quantitative estimate of drug-likeness (QED) is 0.665. The Balaban J connectivity index is 1.69. The molecule has 31 heavy (non-hydrogen) atoms. The minimum atomic E-state index is -4.61. The van der Waals surface area contributed by atoms with Crippen molar-refractivity contribution in [3.05, 3.63) is 63.7 Å². The lowest BCUT2D eigenvalue weighted by molar-refractivity contribution is -0.144. The average Bonchev–Trinajstić information content (AvgIpc) is 3.16. The van der Waals surface area contributed by atoms with Gasteiger partial charge < -0.3 is 9.88 Å². The fourth-order valence-corrected chi connectivity index (χ4v) is 4.24. The summed E-state index contributed by atoms with van der Waals surface area (Å²) in [5.74, 6) is 0.520. The van der Waals surface area contributed by atoms with Gasteiger partial charge in [-0.25, -0.2) is 9.97 Å². The highest BCUT2D eigenvalue weighted by atomic mass is 19.4. The van der Waals surface area contributed by atoms with Crippen LogP contribution in [0, 0.1) is 6.92 Å². The normalized spacial score (nSPS) is 17.4. The van der Waals surface area contributed by atoms with Gasteiger partial charge in [0, 0.05) is 55.6 Å². The number of aryl methyl sites for hydroxylation is 1. The predicted octanol–water partition coefficient (Wildman–Crippen LogP) is 3.83. The maximum absolute atomic E-state index is 13.8. The molecule has 1 N–H and O–H groups in total. The Labute approximate surface area is 177 Å². The highest BCUT2D eigenvalue weighted by molar-refractivity contribution is 5.80. The van der Waals surface area contributed by atoms with E-state index in [1.165, 1.54) is 4.57 Å². The second-order valence-corrected chi connectivity index (χ2v) is 7.95. The Morgan fingerprint density at radius 2 is 1.94 bits per heavy atom. The van der Waals surface area contributed by atoms with Crippen LogP contribution < -0.4 is 10.7 Å². The topological polar surface area (TPSA) is 63.1 Å². The zero-order valence-corrected chi connectivity index (χ0v) is 17.4. The summed E-state index contributed by atoms with van der Waals surface area (Å²) >= 11 is 0. The molecule has 3 heterocycles. The van der Waals surface area contributed by atoms with E-state index in [-0.39, 0.29) is 12.6 Å². The number of pyridine rings is 1. The number of halogens is 3. The molecule has 1 aliphatic heterocycles. The third-order valence-corrected chi connectivity index (χ3v) is 5.76. The van der Waals surface area contributed by atoms with Crippen molar-refractivity contribution in [3.63, 3.8) is 0 Å². The van der Waals surface area contributed by atoms with E-state index in [1.807, 2.05) is 6.92 Å². The minimum Gasteiger partial charge on any atom is -0.357 e. The van der Waals surface area contributed by atoms with Crippen molar-refractivity contribution < 1.29 is 13.2 Å². The van der Waals surface area contributed by atoms with E-state index in [2.05, 4.69) is 20.2 Å². The number of hydrogen-bond acceptors (Lipinski definition) is 5. The number of aromatic nitrogens is 3. The highest BCUT2D eigenvalue weighted by Gasteiger charge is 2.36. The van der Waals surface area contributed by atoms with E-state index in [4.69, 9.17) is 0 Å². The van der Waals surface area contributed by atoms with Crippen LogP contribution >= 0.6 is 0 Å². The number of benzene rings is 1. The number of alkyl halides is 3. The summed E-state index contributed by atoms with van der Waals surface area (Å²) in [7, 11) is 1.74. The van der Waals surface area contributed by atoms with Crippen LogP contribution in [0.25, 0.3) is 10.9 Å².